The van der Waals surface area contributed by atoms with Gasteiger partial charge in [0.05, 0.1) is 17.3 Å². The highest BCUT2D eigenvalue weighted by Gasteiger charge is 2.19. The number of benzene rings is 1. The first-order valence-corrected chi connectivity index (χ1v) is 8.67. The van der Waals surface area contributed by atoms with Crippen LogP contribution in [0.4, 0.5) is 5.95 Å². The number of esters is 1. The van der Waals surface area contributed by atoms with E-state index in [-0.39, 0.29) is 24.3 Å². The molecule has 0 fully saturated rings. The lowest BCUT2D eigenvalue weighted by atomic mass is 10.2. The summed E-state index contributed by atoms with van der Waals surface area (Å²) in [5.41, 5.74) is 0.397. The van der Waals surface area contributed by atoms with Crippen molar-refractivity contribution in [2.75, 3.05) is 5.32 Å². The average molecular weight is 381 g/mol. The van der Waals surface area contributed by atoms with E-state index in [1.54, 1.807) is 37.4 Å². The fourth-order valence-electron chi connectivity index (χ4n) is 2.59. The van der Waals surface area contributed by atoms with Crippen molar-refractivity contribution in [1.82, 2.24) is 19.5 Å². The highest BCUT2D eigenvalue weighted by molar-refractivity contribution is 5.93. The normalized spacial score (nSPS) is 11.8. The molecule has 0 spiro atoms. The largest absolute Gasteiger partial charge is 0.453 e. The van der Waals surface area contributed by atoms with Gasteiger partial charge in [-0.25, -0.2) is 15.0 Å². The summed E-state index contributed by atoms with van der Waals surface area (Å²) in [6.07, 6.45) is 2.16. The van der Waals surface area contributed by atoms with Crippen LogP contribution in [-0.4, -0.2) is 37.5 Å². The third-order valence-electron chi connectivity index (χ3n) is 4.11. The molecule has 1 N–H and O–H groups in total. The van der Waals surface area contributed by atoms with Crippen molar-refractivity contribution < 1.29 is 14.3 Å². The van der Waals surface area contributed by atoms with Gasteiger partial charge in [-0.05, 0) is 25.1 Å². The number of hydrogen-bond acceptors (Lipinski definition) is 7. The number of fused-ring (bicyclic) bond motifs is 1. The molecular weight excluding hydrogens is 362 g/mol. The Hall–Kier alpha value is -3.62. The Morgan fingerprint density at radius 2 is 1.89 bits per heavy atom. The van der Waals surface area contributed by atoms with Crippen LogP contribution in [0.3, 0.4) is 0 Å². The molecule has 0 radical (unpaired) electrons. The van der Waals surface area contributed by atoms with Crippen LogP contribution in [-0.2, 0) is 27.8 Å². The number of hydrogen-bond donors (Lipinski definition) is 1. The SMILES string of the molecule is CC(OC(=O)CCc1nc2ccccc2c(=O)n1C)C(=O)Nc1ncccn1. The number of rotatable bonds is 6. The van der Waals surface area contributed by atoms with Crippen LogP contribution in [0.15, 0.2) is 47.5 Å². The molecule has 1 amide bonds. The third-order valence-corrected chi connectivity index (χ3v) is 4.11. The number of carbonyl (C=O) groups is 2. The van der Waals surface area contributed by atoms with Crippen molar-refractivity contribution in [2.24, 2.45) is 7.05 Å². The fraction of sp³-hybridized carbons (Fsp3) is 0.263. The molecule has 1 unspecified atom stereocenters. The van der Waals surface area contributed by atoms with Gasteiger partial charge in [-0.2, -0.15) is 0 Å². The van der Waals surface area contributed by atoms with E-state index in [1.807, 2.05) is 0 Å². The van der Waals surface area contributed by atoms with Gasteiger partial charge in [-0.3, -0.25) is 24.3 Å². The van der Waals surface area contributed by atoms with E-state index in [4.69, 9.17) is 4.74 Å². The second kappa shape index (κ2) is 8.38. The van der Waals surface area contributed by atoms with Crippen molar-refractivity contribution in [3.63, 3.8) is 0 Å². The summed E-state index contributed by atoms with van der Waals surface area (Å²) >= 11 is 0. The van der Waals surface area contributed by atoms with Crippen molar-refractivity contribution in [3.8, 4) is 0 Å². The topological polar surface area (TPSA) is 116 Å². The van der Waals surface area contributed by atoms with E-state index < -0.39 is 18.0 Å². The first-order valence-electron chi connectivity index (χ1n) is 8.67. The summed E-state index contributed by atoms with van der Waals surface area (Å²) in [5, 5.41) is 2.98. The summed E-state index contributed by atoms with van der Waals surface area (Å²) in [6.45, 7) is 1.46. The van der Waals surface area contributed by atoms with Gasteiger partial charge in [0.2, 0.25) is 5.95 Å². The monoisotopic (exact) mass is 381 g/mol. The summed E-state index contributed by atoms with van der Waals surface area (Å²) in [5.74, 6) is -0.504. The Bertz CT molecular complexity index is 1060. The zero-order chi connectivity index (χ0) is 20.1. The van der Waals surface area contributed by atoms with Crippen LogP contribution in [0.25, 0.3) is 10.9 Å². The first kappa shape index (κ1) is 19.2. The summed E-state index contributed by atoms with van der Waals surface area (Å²) in [6, 6.07) is 8.64. The molecule has 2 aromatic heterocycles. The van der Waals surface area contributed by atoms with Gasteiger partial charge >= 0.3 is 5.97 Å². The standard InChI is InChI=1S/C19H19N5O4/c1-12(17(26)23-19-20-10-5-11-21-19)28-16(25)9-8-15-22-14-7-4-3-6-13(14)18(27)24(15)2/h3-7,10-12H,8-9H2,1-2H3,(H,20,21,23,26). The van der Waals surface area contributed by atoms with Crippen molar-refractivity contribution in [3.05, 3.63) is 58.9 Å². The Balaban J connectivity index is 1.60. The zero-order valence-electron chi connectivity index (χ0n) is 15.5. The molecule has 0 bridgehead atoms. The Labute approximate surface area is 160 Å². The number of nitrogens with zero attached hydrogens (tertiary/aromatic N) is 4. The van der Waals surface area contributed by atoms with E-state index in [0.29, 0.717) is 16.7 Å². The maximum absolute atomic E-state index is 12.4. The Morgan fingerprint density at radius 3 is 2.64 bits per heavy atom. The summed E-state index contributed by atoms with van der Waals surface area (Å²) in [7, 11) is 1.61. The van der Waals surface area contributed by atoms with Crippen LogP contribution >= 0.6 is 0 Å². The second-order valence-corrected chi connectivity index (χ2v) is 6.10. The van der Waals surface area contributed by atoms with Crippen molar-refractivity contribution >= 4 is 28.7 Å². The smallest absolute Gasteiger partial charge is 0.307 e. The van der Waals surface area contributed by atoms with Gasteiger partial charge in [0.15, 0.2) is 6.10 Å². The molecule has 0 aliphatic rings. The van der Waals surface area contributed by atoms with Gasteiger partial charge in [-0.1, -0.05) is 12.1 Å². The molecule has 1 atom stereocenters. The van der Waals surface area contributed by atoms with Gasteiger partial charge in [0.1, 0.15) is 5.82 Å². The molecule has 144 valence electrons. The third kappa shape index (κ3) is 4.37. The molecule has 0 saturated heterocycles. The van der Waals surface area contributed by atoms with Crippen LogP contribution in [0.2, 0.25) is 0 Å². The minimum absolute atomic E-state index is 0.0158. The average Bonchev–Trinajstić information content (AvgIpc) is 2.70. The molecule has 9 nitrogen and oxygen atoms in total. The molecule has 3 aromatic rings. The molecule has 9 heteroatoms. The van der Waals surface area contributed by atoms with Crippen molar-refractivity contribution in [2.45, 2.75) is 25.9 Å². The molecule has 0 saturated carbocycles. The van der Waals surface area contributed by atoms with Gasteiger partial charge in [-0.15, -0.1) is 0 Å². The number of aryl methyl sites for hydroxylation is 1. The Morgan fingerprint density at radius 1 is 1.18 bits per heavy atom. The highest BCUT2D eigenvalue weighted by Crippen LogP contribution is 2.09. The predicted octanol–water partition coefficient (Wildman–Crippen LogP) is 1.23. The van der Waals surface area contributed by atoms with E-state index in [2.05, 4.69) is 20.3 Å². The predicted molar refractivity (Wildman–Crippen MR) is 102 cm³/mol. The van der Waals surface area contributed by atoms with E-state index in [1.165, 1.54) is 23.9 Å². The number of carbonyl (C=O) groups excluding carboxylic acids is 2. The lowest BCUT2D eigenvalue weighted by Crippen LogP contribution is -2.31. The Kier molecular flexibility index (Phi) is 5.73. The minimum Gasteiger partial charge on any atom is -0.453 e. The number of anilines is 1. The van der Waals surface area contributed by atoms with Gasteiger partial charge in [0.25, 0.3) is 11.5 Å². The molecule has 1 aromatic carbocycles. The van der Waals surface area contributed by atoms with Gasteiger partial charge in [0, 0.05) is 25.9 Å². The summed E-state index contributed by atoms with van der Waals surface area (Å²) in [4.78, 5) is 48.7. The molecule has 28 heavy (non-hydrogen) atoms. The highest BCUT2D eigenvalue weighted by atomic mass is 16.5. The quantitative estimate of drug-likeness (QED) is 0.638. The molecule has 2 heterocycles. The lowest BCUT2D eigenvalue weighted by Gasteiger charge is -2.13. The lowest BCUT2D eigenvalue weighted by molar-refractivity contribution is -0.153. The molecule has 0 aliphatic heterocycles. The van der Waals surface area contributed by atoms with Crippen LogP contribution in [0.1, 0.15) is 19.2 Å². The van der Waals surface area contributed by atoms with Crippen LogP contribution < -0.4 is 10.9 Å². The van der Waals surface area contributed by atoms with Crippen molar-refractivity contribution in [1.29, 1.82) is 0 Å². The number of ether oxygens (including phenoxy) is 1. The number of aromatic nitrogens is 4. The first-order chi connectivity index (χ1) is 13.5. The second-order valence-electron chi connectivity index (χ2n) is 6.10. The van der Waals surface area contributed by atoms with Gasteiger partial charge < -0.3 is 4.74 Å². The molecule has 0 aliphatic carbocycles. The minimum atomic E-state index is -1.01. The van der Waals surface area contributed by atoms with E-state index >= 15 is 0 Å². The van der Waals surface area contributed by atoms with E-state index in [9.17, 15) is 14.4 Å². The molecular formula is C19H19N5O4. The molecule has 3 rings (SSSR count). The zero-order valence-corrected chi connectivity index (χ0v) is 15.5. The number of para-hydroxylation sites is 1. The maximum atomic E-state index is 12.4. The summed E-state index contributed by atoms with van der Waals surface area (Å²) < 4.78 is 6.56. The number of nitrogens with one attached hydrogen (secondary N) is 1. The fourth-order valence-corrected chi connectivity index (χ4v) is 2.59. The van der Waals surface area contributed by atoms with Crippen LogP contribution in [0.5, 0.6) is 0 Å². The van der Waals surface area contributed by atoms with E-state index in [0.717, 1.165) is 0 Å². The number of amides is 1. The van der Waals surface area contributed by atoms with Crippen LogP contribution in [0, 0.1) is 0 Å². The maximum Gasteiger partial charge on any atom is 0.307 e.